The van der Waals surface area contributed by atoms with Gasteiger partial charge in [-0.2, -0.15) is 5.10 Å². The molecule has 0 amide bonds. The van der Waals surface area contributed by atoms with Crippen molar-refractivity contribution in [1.82, 2.24) is 15.1 Å². The number of hydrogen-bond donors (Lipinski definition) is 1. The van der Waals surface area contributed by atoms with E-state index in [0.717, 1.165) is 17.3 Å². The van der Waals surface area contributed by atoms with Crippen LogP contribution in [0, 0.1) is 17.5 Å². The first-order valence-corrected chi connectivity index (χ1v) is 6.88. The predicted octanol–water partition coefficient (Wildman–Crippen LogP) is 3.10. The van der Waals surface area contributed by atoms with E-state index in [1.807, 2.05) is 13.8 Å². The molecule has 2 aromatic rings. The first kappa shape index (κ1) is 15.6. The molecule has 0 radical (unpaired) electrons. The van der Waals surface area contributed by atoms with E-state index in [1.165, 1.54) is 6.07 Å². The molecule has 0 saturated carbocycles. The van der Waals surface area contributed by atoms with E-state index < -0.39 is 23.5 Å². The van der Waals surface area contributed by atoms with E-state index in [1.54, 1.807) is 17.9 Å². The summed E-state index contributed by atoms with van der Waals surface area (Å²) in [5.41, 5.74) is 1.65. The predicted molar refractivity (Wildman–Crippen MR) is 74.4 cm³/mol. The lowest BCUT2D eigenvalue weighted by Crippen LogP contribution is -2.24. The molecule has 1 aromatic heterocycles. The SMILES string of the molecule is CCNC(c1cn(C)nc1CC)c1ccc(F)c(F)c1F. The minimum atomic E-state index is -1.45. The van der Waals surface area contributed by atoms with Gasteiger partial charge >= 0.3 is 0 Å². The number of nitrogens with one attached hydrogen (secondary N) is 1. The molecule has 0 aliphatic rings. The molecule has 1 aromatic carbocycles. The minimum absolute atomic E-state index is 0.0819. The minimum Gasteiger partial charge on any atom is -0.306 e. The Morgan fingerprint density at radius 1 is 1.14 bits per heavy atom. The molecule has 0 aliphatic carbocycles. The first-order chi connectivity index (χ1) is 9.99. The molecule has 6 heteroatoms. The van der Waals surface area contributed by atoms with Crippen LogP contribution in [0.3, 0.4) is 0 Å². The normalized spacial score (nSPS) is 12.7. The highest BCUT2D eigenvalue weighted by molar-refractivity contribution is 5.35. The third kappa shape index (κ3) is 2.95. The van der Waals surface area contributed by atoms with Crippen molar-refractivity contribution in [2.45, 2.75) is 26.3 Å². The Labute approximate surface area is 121 Å². The van der Waals surface area contributed by atoms with Gasteiger partial charge in [-0.15, -0.1) is 0 Å². The lowest BCUT2D eigenvalue weighted by Gasteiger charge is -2.19. The van der Waals surface area contributed by atoms with Crippen LogP contribution in [0.2, 0.25) is 0 Å². The summed E-state index contributed by atoms with van der Waals surface area (Å²) in [6, 6.07) is 1.65. The van der Waals surface area contributed by atoms with Crippen LogP contribution in [0.4, 0.5) is 13.2 Å². The van der Waals surface area contributed by atoms with Crippen molar-refractivity contribution in [3.8, 4) is 0 Å². The molecule has 0 aliphatic heterocycles. The van der Waals surface area contributed by atoms with E-state index in [0.29, 0.717) is 13.0 Å². The maximum Gasteiger partial charge on any atom is 0.194 e. The molecule has 0 fully saturated rings. The fraction of sp³-hybridized carbons (Fsp3) is 0.400. The number of aromatic nitrogens is 2. The average molecular weight is 297 g/mol. The highest BCUT2D eigenvalue weighted by Gasteiger charge is 2.24. The zero-order chi connectivity index (χ0) is 15.6. The lowest BCUT2D eigenvalue weighted by molar-refractivity contribution is 0.433. The second-order valence-electron chi connectivity index (χ2n) is 4.81. The molecule has 21 heavy (non-hydrogen) atoms. The number of nitrogens with zero attached hydrogens (tertiary/aromatic N) is 2. The monoisotopic (exact) mass is 297 g/mol. The van der Waals surface area contributed by atoms with Crippen LogP contribution in [0.15, 0.2) is 18.3 Å². The van der Waals surface area contributed by atoms with Crippen molar-refractivity contribution in [1.29, 1.82) is 0 Å². The molecule has 0 spiro atoms. The molecular weight excluding hydrogens is 279 g/mol. The zero-order valence-corrected chi connectivity index (χ0v) is 12.3. The fourth-order valence-corrected chi connectivity index (χ4v) is 2.42. The number of rotatable bonds is 5. The summed E-state index contributed by atoms with van der Waals surface area (Å²) in [5, 5.41) is 7.42. The molecule has 1 N–H and O–H groups in total. The van der Waals surface area contributed by atoms with Gasteiger partial charge in [0.2, 0.25) is 0 Å². The van der Waals surface area contributed by atoms with Gasteiger partial charge in [0.15, 0.2) is 17.5 Å². The van der Waals surface area contributed by atoms with Crippen LogP contribution in [-0.4, -0.2) is 16.3 Å². The Morgan fingerprint density at radius 3 is 2.48 bits per heavy atom. The Hall–Kier alpha value is -1.82. The average Bonchev–Trinajstić information content (AvgIpc) is 2.84. The number of aryl methyl sites for hydroxylation is 2. The van der Waals surface area contributed by atoms with Gasteiger partial charge in [0.05, 0.1) is 11.7 Å². The van der Waals surface area contributed by atoms with Crippen molar-refractivity contribution < 1.29 is 13.2 Å². The van der Waals surface area contributed by atoms with Crippen LogP contribution >= 0.6 is 0 Å². The number of halogens is 3. The second-order valence-corrected chi connectivity index (χ2v) is 4.81. The van der Waals surface area contributed by atoms with E-state index in [9.17, 15) is 13.2 Å². The standard InChI is InChI=1S/C15H18F3N3/c1-4-12-10(8-21(3)20-12)15(19-5-2)9-6-7-11(16)14(18)13(9)17/h6-8,15,19H,4-5H2,1-3H3. The third-order valence-corrected chi connectivity index (χ3v) is 3.37. The third-order valence-electron chi connectivity index (χ3n) is 3.37. The van der Waals surface area contributed by atoms with Crippen molar-refractivity contribution >= 4 is 0 Å². The molecular formula is C15H18F3N3. The van der Waals surface area contributed by atoms with Gasteiger partial charge in [0, 0.05) is 24.4 Å². The summed E-state index contributed by atoms with van der Waals surface area (Å²) in [7, 11) is 1.77. The van der Waals surface area contributed by atoms with E-state index in [2.05, 4.69) is 10.4 Å². The van der Waals surface area contributed by atoms with Gasteiger partial charge in [-0.1, -0.05) is 19.9 Å². The van der Waals surface area contributed by atoms with Gasteiger partial charge in [-0.25, -0.2) is 13.2 Å². The topological polar surface area (TPSA) is 29.9 Å². The summed E-state index contributed by atoms with van der Waals surface area (Å²) in [4.78, 5) is 0. The second kappa shape index (κ2) is 6.30. The fourth-order valence-electron chi connectivity index (χ4n) is 2.42. The molecule has 1 atom stereocenters. The summed E-state index contributed by atoms with van der Waals surface area (Å²) >= 11 is 0. The number of hydrogen-bond acceptors (Lipinski definition) is 2. The van der Waals surface area contributed by atoms with Gasteiger partial charge in [0.1, 0.15) is 0 Å². The Morgan fingerprint density at radius 2 is 1.86 bits per heavy atom. The summed E-state index contributed by atoms with van der Waals surface area (Å²) in [6.45, 7) is 4.37. The molecule has 0 bridgehead atoms. The Balaban J connectivity index is 2.56. The molecule has 0 saturated heterocycles. The van der Waals surface area contributed by atoms with Crippen molar-refractivity contribution in [3.63, 3.8) is 0 Å². The van der Waals surface area contributed by atoms with E-state index in [4.69, 9.17) is 0 Å². The van der Waals surface area contributed by atoms with Crippen LogP contribution in [0.25, 0.3) is 0 Å². The highest BCUT2D eigenvalue weighted by Crippen LogP contribution is 2.28. The van der Waals surface area contributed by atoms with Crippen LogP contribution in [0.5, 0.6) is 0 Å². The van der Waals surface area contributed by atoms with E-state index >= 15 is 0 Å². The van der Waals surface area contributed by atoms with Gasteiger partial charge < -0.3 is 5.32 Å². The first-order valence-electron chi connectivity index (χ1n) is 6.88. The zero-order valence-electron chi connectivity index (χ0n) is 12.3. The largest absolute Gasteiger partial charge is 0.306 e. The van der Waals surface area contributed by atoms with Gasteiger partial charge in [-0.05, 0) is 19.0 Å². The van der Waals surface area contributed by atoms with Crippen molar-refractivity contribution in [2.75, 3.05) is 6.54 Å². The lowest BCUT2D eigenvalue weighted by atomic mass is 9.97. The van der Waals surface area contributed by atoms with Crippen molar-refractivity contribution in [2.24, 2.45) is 7.05 Å². The maximum atomic E-state index is 14.1. The molecule has 1 heterocycles. The van der Waals surface area contributed by atoms with Gasteiger partial charge in [-0.3, -0.25) is 4.68 Å². The van der Waals surface area contributed by atoms with Crippen LogP contribution in [-0.2, 0) is 13.5 Å². The molecule has 2 rings (SSSR count). The molecule has 3 nitrogen and oxygen atoms in total. The highest BCUT2D eigenvalue weighted by atomic mass is 19.2. The molecule has 1 unspecified atom stereocenters. The number of benzene rings is 1. The smallest absolute Gasteiger partial charge is 0.194 e. The van der Waals surface area contributed by atoms with Crippen LogP contribution in [0.1, 0.15) is 36.7 Å². The summed E-state index contributed by atoms with van der Waals surface area (Å²) in [6.07, 6.45) is 2.44. The Kier molecular flexibility index (Phi) is 4.67. The van der Waals surface area contributed by atoms with Crippen molar-refractivity contribution in [3.05, 3.63) is 52.6 Å². The van der Waals surface area contributed by atoms with Crippen LogP contribution < -0.4 is 5.32 Å². The van der Waals surface area contributed by atoms with E-state index in [-0.39, 0.29) is 5.56 Å². The van der Waals surface area contributed by atoms with Gasteiger partial charge in [0.25, 0.3) is 0 Å². The quantitative estimate of drug-likeness (QED) is 0.860. The Bertz CT molecular complexity index is 637. The maximum absolute atomic E-state index is 14.1. The summed E-state index contributed by atoms with van der Waals surface area (Å²) < 4.78 is 42.3. The molecule has 114 valence electrons. The summed E-state index contributed by atoms with van der Waals surface area (Å²) in [5.74, 6) is -3.79.